The van der Waals surface area contributed by atoms with Crippen LogP contribution in [0.15, 0.2) is 43.0 Å². The first-order valence-electron chi connectivity index (χ1n) is 7.15. The third-order valence-corrected chi connectivity index (χ3v) is 3.18. The van der Waals surface area contributed by atoms with E-state index in [1.54, 1.807) is 29.0 Å². The molecule has 2 rings (SSSR count). The highest BCUT2D eigenvalue weighted by Gasteiger charge is 2.14. The number of carbonyl (C=O) groups is 1. The fourth-order valence-corrected chi connectivity index (χ4v) is 2.15. The lowest BCUT2D eigenvalue weighted by Gasteiger charge is -2.19. The van der Waals surface area contributed by atoms with Crippen molar-refractivity contribution in [1.82, 2.24) is 14.7 Å². The van der Waals surface area contributed by atoms with E-state index in [2.05, 4.69) is 17.0 Å². The molecule has 0 spiro atoms. The van der Waals surface area contributed by atoms with Gasteiger partial charge in [-0.25, -0.2) is 13.9 Å². The number of hydrogen-bond donors (Lipinski definition) is 2. The molecule has 2 aromatic rings. The average molecular weight is 318 g/mol. The molecule has 0 saturated carbocycles. The third-order valence-electron chi connectivity index (χ3n) is 3.18. The SMILES string of the molecule is C=CCN(CCO)C(=O)Nc1cc(C)n(-c2cccc(F)c2)n1. The molecule has 1 aromatic heterocycles. The van der Waals surface area contributed by atoms with Crippen LogP contribution in [0, 0.1) is 12.7 Å². The number of halogens is 1. The molecule has 0 radical (unpaired) electrons. The van der Waals surface area contributed by atoms with Gasteiger partial charge in [0.05, 0.1) is 12.3 Å². The highest BCUT2D eigenvalue weighted by atomic mass is 19.1. The minimum absolute atomic E-state index is 0.141. The van der Waals surface area contributed by atoms with Crippen molar-refractivity contribution < 1.29 is 14.3 Å². The summed E-state index contributed by atoms with van der Waals surface area (Å²) in [6.07, 6.45) is 1.58. The Hall–Kier alpha value is -2.67. The van der Waals surface area contributed by atoms with E-state index in [0.29, 0.717) is 18.1 Å². The Bertz CT molecular complexity index is 699. The molecule has 0 bridgehead atoms. The van der Waals surface area contributed by atoms with Gasteiger partial charge in [-0.15, -0.1) is 11.7 Å². The molecule has 1 aromatic carbocycles. The van der Waals surface area contributed by atoms with E-state index in [4.69, 9.17) is 5.11 Å². The van der Waals surface area contributed by atoms with Crippen LogP contribution >= 0.6 is 0 Å². The Kier molecular flexibility index (Phi) is 5.48. The zero-order valence-electron chi connectivity index (χ0n) is 12.9. The number of nitrogens with one attached hydrogen (secondary N) is 1. The topological polar surface area (TPSA) is 70.4 Å². The fourth-order valence-electron chi connectivity index (χ4n) is 2.15. The molecule has 0 atom stereocenters. The van der Waals surface area contributed by atoms with Gasteiger partial charge in [0, 0.05) is 24.8 Å². The van der Waals surface area contributed by atoms with Crippen LogP contribution in [0.3, 0.4) is 0 Å². The third kappa shape index (κ3) is 4.17. The standard InChI is InChI=1S/C16H19FN4O2/c1-3-7-20(8-9-22)16(23)18-15-10-12(2)21(19-15)14-6-4-5-13(17)11-14/h3-6,10-11,22H,1,7-9H2,2H3,(H,18,19,23). The molecule has 0 aliphatic carbocycles. The molecule has 6 nitrogen and oxygen atoms in total. The number of urea groups is 1. The van der Waals surface area contributed by atoms with Crippen LogP contribution in [-0.4, -0.2) is 45.5 Å². The first kappa shape index (κ1) is 16.7. The number of amides is 2. The summed E-state index contributed by atoms with van der Waals surface area (Å²) >= 11 is 0. The Morgan fingerprint density at radius 3 is 2.96 bits per heavy atom. The van der Waals surface area contributed by atoms with Crippen molar-refractivity contribution in [3.8, 4) is 5.69 Å². The van der Waals surface area contributed by atoms with Gasteiger partial charge in [0.2, 0.25) is 0 Å². The van der Waals surface area contributed by atoms with Gasteiger partial charge in [0.1, 0.15) is 5.82 Å². The van der Waals surface area contributed by atoms with Crippen molar-refractivity contribution in [2.45, 2.75) is 6.92 Å². The smallest absolute Gasteiger partial charge is 0.323 e. The first-order chi connectivity index (χ1) is 11.0. The average Bonchev–Trinajstić information content (AvgIpc) is 2.87. The van der Waals surface area contributed by atoms with Crippen LogP contribution in [0.1, 0.15) is 5.69 Å². The number of nitrogens with zero attached hydrogens (tertiary/aromatic N) is 3. The number of aliphatic hydroxyl groups is 1. The summed E-state index contributed by atoms with van der Waals surface area (Å²) in [4.78, 5) is 13.6. The summed E-state index contributed by atoms with van der Waals surface area (Å²) in [7, 11) is 0. The summed E-state index contributed by atoms with van der Waals surface area (Å²) in [5, 5.41) is 15.9. The van der Waals surface area contributed by atoms with Crippen LogP contribution < -0.4 is 5.32 Å². The number of benzene rings is 1. The van der Waals surface area contributed by atoms with Crippen molar-refractivity contribution in [3.63, 3.8) is 0 Å². The zero-order valence-corrected chi connectivity index (χ0v) is 12.9. The highest BCUT2D eigenvalue weighted by Crippen LogP contribution is 2.16. The molecule has 1 heterocycles. The Balaban J connectivity index is 2.17. The second kappa shape index (κ2) is 7.55. The first-order valence-corrected chi connectivity index (χ1v) is 7.15. The lowest BCUT2D eigenvalue weighted by molar-refractivity contribution is 0.195. The predicted molar refractivity (Wildman–Crippen MR) is 86.1 cm³/mol. The minimum Gasteiger partial charge on any atom is -0.395 e. The molecule has 122 valence electrons. The maximum atomic E-state index is 13.3. The Morgan fingerprint density at radius 1 is 1.52 bits per heavy atom. The molecule has 2 amide bonds. The number of rotatable bonds is 6. The number of anilines is 1. The van der Waals surface area contributed by atoms with Crippen LogP contribution in [0.2, 0.25) is 0 Å². The van der Waals surface area contributed by atoms with E-state index in [1.165, 1.54) is 17.0 Å². The maximum Gasteiger partial charge on any atom is 0.323 e. The second-order valence-corrected chi connectivity index (χ2v) is 4.95. The quantitative estimate of drug-likeness (QED) is 0.803. The summed E-state index contributed by atoms with van der Waals surface area (Å²) in [6, 6.07) is 7.34. The lowest BCUT2D eigenvalue weighted by atomic mass is 10.3. The van der Waals surface area contributed by atoms with E-state index >= 15 is 0 Å². The fraction of sp³-hybridized carbons (Fsp3) is 0.250. The van der Waals surface area contributed by atoms with Gasteiger partial charge in [-0.3, -0.25) is 5.32 Å². The van der Waals surface area contributed by atoms with E-state index in [0.717, 1.165) is 5.69 Å². The molecule has 0 saturated heterocycles. The van der Waals surface area contributed by atoms with Crippen LogP contribution in [0.4, 0.5) is 15.0 Å². The van der Waals surface area contributed by atoms with Gasteiger partial charge >= 0.3 is 6.03 Å². The molecule has 7 heteroatoms. The van der Waals surface area contributed by atoms with Gasteiger partial charge < -0.3 is 10.0 Å². The summed E-state index contributed by atoms with van der Waals surface area (Å²) in [5.74, 6) is -0.00754. The summed E-state index contributed by atoms with van der Waals surface area (Å²) < 4.78 is 14.9. The van der Waals surface area contributed by atoms with Gasteiger partial charge in [-0.2, -0.15) is 0 Å². The zero-order chi connectivity index (χ0) is 16.8. The van der Waals surface area contributed by atoms with Gasteiger partial charge in [0.25, 0.3) is 0 Å². The normalized spacial score (nSPS) is 10.4. The van der Waals surface area contributed by atoms with Crippen LogP contribution in [0.25, 0.3) is 5.69 Å². The van der Waals surface area contributed by atoms with E-state index in [9.17, 15) is 9.18 Å². The summed E-state index contributed by atoms with van der Waals surface area (Å²) in [6.45, 7) is 5.76. The van der Waals surface area contributed by atoms with E-state index < -0.39 is 0 Å². The second-order valence-electron chi connectivity index (χ2n) is 4.95. The van der Waals surface area contributed by atoms with Crippen LogP contribution in [0.5, 0.6) is 0 Å². The van der Waals surface area contributed by atoms with E-state index in [1.807, 2.05) is 6.92 Å². The largest absolute Gasteiger partial charge is 0.395 e. The molecular formula is C16H19FN4O2. The van der Waals surface area contributed by atoms with E-state index in [-0.39, 0.29) is 25.0 Å². The highest BCUT2D eigenvalue weighted by molar-refractivity contribution is 5.88. The number of hydrogen-bond acceptors (Lipinski definition) is 3. The number of carbonyl (C=O) groups excluding carboxylic acids is 1. The molecule has 0 fully saturated rings. The minimum atomic E-state index is -0.386. The molecule has 23 heavy (non-hydrogen) atoms. The summed E-state index contributed by atoms with van der Waals surface area (Å²) in [5.41, 5.74) is 1.32. The maximum absolute atomic E-state index is 13.3. The number of aromatic nitrogens is 2. The monoisotopic (exact) mass is 318 g/mol. The van der Waals surface area contributed by atoms with Gasteiger partial charge in [-0.1, -0.05) is 12.1 Å². The van der Waals surface area contributed by atoms with Crippen LogP contribution in [-0.2, 0) is 0 Å². The predicted octanol–water partition coefficient (Wildman–Crippen LogP) is 2.33. The lowest BCUT2D eigenvalue weighted by Crippen LogP contribution is -2.37. The molecule has 0 aliphatic rings. The molecular weight excluding hydrogens is 299 g/mol. The van der Waals surface area contributed by atoms with Crippen molar-refractivity contribution >= 4 is 11.8 Å². The van der Waals surface area contributed by atoms with Crippen molar-refractivity contribution in [3.05, 3.63) is 54.5 Å². The van der Waals surface area contributed by atoms with Crippen molar-refractivity contribution in [2.24, 2.45) is 0 Å². The number of aryl methyl sites for hydroxylation is 1. The number of aliphatic hydroxyl groups excluding tert-OH is 1. The molecule has 0 aliphatic heterocycles. The Labute approximate surface area is 133 Å². The van der Waals surface area contributed by atoms with Crippen molar-refractivity contribution in [2.75, 3.05) is 25.0 Å². The Morgan fingerprint density at radius 2 is 2.30 bits per heavy atom. The van der Waals surface area contributed by atoms with Gasteiger partial charge in [-0.05, 0) is 25.1 Å². The molecule has 0 unspecified atom stereocenters. The van der Waals surface area contributed by atoms with Gasteiger partial charge in [0.15, 0.2) is 5.82 Å². The molecule has 2 N–H and O–H groups in total. The van der Waals surface area contributed by atoms with Crippen molar-refractivity contribution in [1.29, 1.82) is 0 Å².